The first-order chi connectivity index (χ1) is 20.5. The number of carbonyl (C=O) groups is 1. The molecule has 2 aliphatic rings. The lowest BCUT2D eigenvalue weighted by atomic mass is 9.80. The minimum absolute atomic E-state index is 0.00134. The Balaban J connectivity index is 1.66. The molecule has 6 rings (SSSR count). The summed E-state index contributed by atoms with van der Waals surface area (Å²) in [6, 6.07) is 0.918. The average molecular weight is 608 g/mol. The van der Waals surface area contributed by atoms with Crippen molar-refractivity contribution in [2.24, 2.45) is 0 Å². The highest BCUT2D eigenvalue weighted by Gasteiger charge is 2.33. The molecule has 1 aliphatic carbocycles. The molecule has 0 radical (unpaired) electrons. The first kappa shape index (κ1) is 28.5. The third-order valence-electron chi connectivity index (χ3n) is 8.17. The Morgan fingerprint density at radius 3 is 2.60 bits per heavy atom. The first-order valence-corrected chi connectivity index (χ1v) is 15.7. The van der Waals surface area contributed by atoms with Crippen molar-refractivity contribution >= 4 is 38.4 Å². The van der Waals surface area contributed by atoms with Crippen LogP contribution >= 0.6 is 0 Å². The molecule has 2 fully saturated rings. The Kier molecular flexibility index (Phi) is 6.99. The molecule has 13 nitrogen and oxygen atoms in total. The normalized spacial score (nSPS) is 17.7. The number of sulfone groups is 1. The molecule has 4 aromatic heterocycles. The number of carbonyl (C=O) groups excluding carboxylic acids is 1. The van der Waals surface area contributed by atoms with Crippen molar-refractivity contribution in [3.05, 3.63) is 59.3 Å². The number of nitrogens with zero attached hydrogens (tertiary/aromatic N) is 7. The fourth-order valence-corrected chi connectivity index (χ4v) is 6.59. The molecular weight excluding hydrogens is 577 g/mol. The lowest BCUT2D eigenvalue weighted by molar-refractivity contribution is -0.126. The van der Waals surface area contributed by atoms with Gasteiger partial charge in [0.1, 0.15) is 22.1 Å². The summed E-state index contributed by atoms with van der Waals surface area (Å²) in [4.78, 5) is 49.6. The second-order valence-corrected chi connectivity index (χ2v) is 12.9. The molecule has 1 aliphatic heterocycles. The van der Waals surface area contributed by atoms with Gasteiger partial charge in [-0.3, -0.25) is 9.78 Å². The predicted octanol–water partition coefficient (Wildman–Crippen LogP) is 2.18. The lowest BCUT2D eigenvalue weighted by Crippen LogP contribution is -2.54. The van der Waals surface area contributed by atoms with Gasteiger partial charge in [-0.1, -0.05) is 13.0 Å². The van der Waals surface area contributed by atoms with Gasteiger partial charge in [0.15, 0.2) is 27.1 Å². The van der Waals surface area contributed by atoms with Gasteiger partial charge < -0.3 is 20.5 Å². The molecule has 0 aromatic carbocycles. The summed E-state index contributed by atoms with van der Waals surface area (Å²) in [5, 5.41) is 0.185. The monoisotopic (exact) mass is 607 g/mol. The van der Waals surface area contributed by atoms with Crippen molar-refractivity contribution in [2.75, 3.05) is 36.5 Å². The van der Waals surface area contributed by atoms with E-state index >= 15 is 4.39 Å². The van der Waals surface area contributed by atoms with Gasteiger partial charge in [-0.2, -0.15) is 4.98 Å². The number of anilines is 2. The van der Waals surface area contributed by atoms with Gasteiger partial charge in [-0.05, 0) is 43.4 Å². The molecule has 4 aromatic rings. The highest BCUT2D eigenvalue weighted by Crippen LogP contribution is 2.41. The molecule has 43 heavy (non-hydrogen) atoms. The number of nitrogen functional groups attached to an aromatic ring is 1. The number of halogens is 1. The van der Waals surface area contributed by atoms with Gasteiger partial charge in [-0.15, -0.1) is 0 Å². The Hall–Kier alpha value is -4.66. The molecular formula is C28H30FN9O4S. The number of hydrogen-bond donors (Lipinski definition) is 2. The smallest absolute Gasteiger partial charge is 0.355 e. The van der Waals surface area contributed by atoms with E-state index in [1.165, 1.54) is 24.7 Å². The Labute approximate surface area is 246 Å². The van der Waals surface area contributed by atoms with E-state index in [2.05, 4.69) is 31.5 Å². The van der Waals surface area contributed by atoms with Crippen LogP contribution in [-0.2, 0) is 14.6 Å². The maximum Gasteiger partial charge on any atom is 0.355 e. The van der Waals surface area contributed by atoms with Crippen LogP contribution in [0.3, 0.4) is 0 Å². The molecule has 0 bridgehead atoms. The van der Waals surface area contributed by atoms with E-state index < -0.39 is 21.3 Å². The number of rotatable bonds is 6. The van der Waals surface area contributed by atoms with Gasteiger partial charge >= 0.3 is 5.69 Å². The maximum absolute atomic E-state index is 15.8. The minimum Gasteiger partial charge on any atom is -0.382 e. The number of nitrogens with two attached hydrogens (primary N) is 1. The fourth-order valence-electron chi connectivity index (χ4n) is 5.78. The molecule has 3 N–H and O–H groups in total. The summed E-state index contributed by atoms with van der Waals surface area (Å²) in [5.74, 6) is -0.818. The number of nitrogens with one attached hydrogen (secondary N) is 1. The largest absolute Gasteiger partial charge is 0.382 e. The van der Waals surface area contributed by atoms with Gasteiger partial charge in [-0.25, -0.2) is 32.1 Å². The maximum atomic E-state index is 15.8. The highest BCUT2D eigenvalue weighted by molar-refractivity contribution is 7.90. The van der Waals surface area contributed by atoms with E-state index in [1.807, 2.05) is 11.8 Å². The number of aromatic amines is 1. The van der Waals surface area contributed by atoms with Crippen molar-refractivity contribution in [3.8, 4) is 17.1 Å². The number of piperazine rings is 1. The topological polar surface area (TPSA) is 173 Å². The van der Waals surface area contributed by atoms with Crippen molar-refractivity contribution in [3.63, 3.8) is 0 Å². The number of pyridine rings is 2. The minimum atomic E-state index is -3.88. The van der Waals surface area contributed by atoms with Crippen molar-refractivity contribution in [1.82, 2.24) is 34.4 Å². The number of fused-ring (bicyclic) bond motifs is 1. The van der Waals surface area contributed by atoms with Crippen LogP contribution in [0.25, 0.3) is 28.1 Å². The fraction of sp³-hybridized carbons (Fsp3) is 0.357. The number of hydrogen-bond acceptors (Lipinski definition) is 10. The summed E-state index contributed by atoms with van der Waals surface area (Å²) >= 11 is 0. The number of H-pyrrole nitrogens is 1. The highest BCUT2D eigenvalue weighted by atomic mass is 32.2. The zero-order valence-corrected chi connectivity index (χ0v) is 24.4. The number of amides is 1. The molecule has 1 saturated carbocycles. The zero-order chi connectivity index (χ0) is 30.6. The van der Waals surface area contributed by atoms with Gasteiger partial charge in [0.25, 0.3) is 0 Å². The molecule has 1 saturated heterocycles. The van der Waals surface area contributed by atoms with Gasteiger partial charge in [0.2, 0.25) is 5.91 Å². The van der Waals surface area contributed by atoms with Crippen LogP contribution in [0.4, 0.5) is 16.0 Å². The summed E-state index contributed by atoms with van der Waals surface area (Å²) in [7, 11) is -3.88. The van der Waals surface area contributed by atoms with Crippen molar-refractivity contribution < 1.29 is 17.6 Å². The van der Waals surface area contributed by atoms with E-state index in [-0.39, 0.29) is 62.5 Å². The molecule has 5 heterocycles. The molecule has 224 valence electrons. The van der Waals surface area contributed by atoms with Crippen molar-refractivity contribution in [1.29, 1.82) is 0 Å². The Bertz CT molecular complexity index is 1950. The van der Waals surface area contributed by atoms with E-state index in [9.17, 15) is 18.0 Å². The van der Waals surface area contributed by atoms with Crippen LogP contribution in [-0.4, -0.2) is 80.6 Å². The third kappa shape index (κ3) is 4.82. The van der Waals surface area contributed by atoms with Crippen LogP contribution in [0.2, 0.25) is 0 Å². The summed E-state index contributed by atoms with van der Waals surface area (Å²) in [6.45, 7) is 6.38. The van der Waals surface area contributed by atoms with Gasteiger partial charge in [0.05, 0.1) is 17.4 Å². The molecule has 0 unspecified atom stereocenters. The molecule has 0 spiro atoms. The summed E-state index contributed by atoms with van der Waals surface area (Å²) in [6.07, 6.45) is 8.89. The lowest BCUT2D eigenvalue weighted by Gasteiger charge is -2.40. The quantitative estimate of drug-likeness (QED) is 0.309. The SMILES string of the molecule is C=CC(=O)N1CCN(c2nc(=O)n(-c3c(C4CCC4)cncc3S(C)(=O)=O)c3nc(-c4[nH]cnc4N)c(F)cc23)[C@@H](C)C1. The molecule has 15 heteroatoms. The van der Waals surface area contributed by atoms with E-state index in [4.69, 9.17) is 5.73 Å². The number of aromatic nitrogens is 6. The average Bonchev–Trinajstić information content (AvgIpc) is 3.36. The van der Waals surface area contributed by atoms with E-state index in [0.29, 0.717) is 25.2 Å². The molecule has 1 atom stereocenters. The number of imidazole rings is 1. The molecule has 1 amide bonds. The summed E-state index contributed by atoms with van der Waals surface area (Å²) < 4.78 is 43.1. The van der Waals surface area contributed by atoms with Crippen LogP contribution in [0.5, 0.6) is 0 Å². The standard InChI is InChI=1S/C28H30FN9O4S/c1-4-21(39)36-8-9-37(15(2)13-36)26-17-10-19(29)22(23-25(30)33-14-32-23)34-27(17)38(28(40)35-26)24-18(16-6-5-7-16)11-31-12-20(24)43(3,41)42/h4,10-12,14-16H,1,5-9,13,30H2,2-3H3,(H,32,33)/t15-/m0/s1. The third-order valence-corrected chi connectivity index (χ3v) is 9.27. The van der Waals surface area contributed by atoms with E-state index in [0.717, 1.165) is 30.1 Å². The predicted molar refractivity (Wildman–Crippen MR) is 158 cm³/mol. The van der Waals surface area contributed by atoms with Crippen LogP contribution in [0.15, 0.2) is 47.1 Å². The van der Waals surface area contributed by atoms with Crippen LogP contribution in [0, 0.1) is 5.82 Å². The first-order valence-electron chi connectivity index (χ1n) is 13.8. The van der Waals surface area contributed by atoms with Crippen LogP contribution < -0.4 is 16.3 Å². The second kappa shape index (κ2) is 10.6. The zero-order valence-electron chi connectivity index (χ0n) is 23.6. The second-order valence-electron chi connectivity index (χ2n) is 10.9. The van der Waals surface area contributed by atoms with Crippen molar-refractivity contribution in [2.45, 2.75) is 43.0 Å². The van der Waals surface area contributed by atoms with Gasteiger partial charge in [0, 0.05) is 44.3 Å². The summed E-state index contributed by atoms with van der Waals surface area (Å²) in [5.41, 5.74) is 5.78. The van der Waals surface area contributed by atoms with E-state index in [1.54, 1.807) is 11.1 Å². The Morgan fingerprint density at radius 1 is 1.23 bits per heavy atom. The van der Waals surface area contributed by atoms with Crippen LogP contribution in [0.1, 0.15) is 37.7 Å². The Morgan fingerprint density at radius 2 is 2.00 bits per heavy atom.